The molecule has 1 saturated heterocycles. The lowest BCUT2D eigenvalue weighted by molar-refractivity contribution is 0.0213. The van der Waals surface area contributed by atoms with Crippen LogP contribution in [0.25, 0.3) is 0 Å². The van der Waals surface area contributed by atoms with Crippen LogP contribution in [0.4, 0.5) is 9.18 Å². The summed E-state index contributed by atoms with van der Waals surface area (Å²) in [6, 6.07) is 0. The number of carbonyl (C=O) groups is 1. The van der Waals surface area contributed by atoms with Gasteiger partial charge in [0, 0.05) is 19.6 Å². The minimum Gasteiger partial charge on any atom is -0.444 e. The van der Waals surface area contributed by atoms with Gasteiger partial charge in [-0.25, -0.2) is 9.18 Å². The summed E-state index contributed by atoms with van der Waals surface area (Å²) in [5.74, 6) is 0. The van der Waals surface area contributed by atoms with Gasteiger partial charge in [0.15, 0.2) is 0 Å². The number of rotatable bonds is 4. The van der Waals surface area contributed by atoms with Crippen molar-refractivity contribution in [1.82, 2.24) is 4.90 Å². The van der Waals surface area contributed by atoms with Crippen LogP contribution in [-0.2, 0) is 9.47 Å². The molecule has 1 fully saturated rings. The van der Waals surface area contributed by atoms with Crippen molar-refractivity contribution in [2.75, 3.05) is 19.7 Å². The highest BCUT2D eigenvalue weighted by Gasteiger charge is 2.29. The number of halogens is 1. The molecule has 0 spiro atoms. The topological polar surface area (TPSA) is 38.8 Å². The highest BCUT2D eigenvalue weighted by molar-refractivity contribution is 5.68. The molecule has 2 atom stereocenters. The predicted molar refractivity (Wildman–Crippen MR) is 76.6 cm³/mol. The average molecular weight is 289 g/mol. The number of likely N-dealkylation sites (tertiary alicyclic amines) is 1. The molecule has 118 valence electrons. The first-order chi connectivity index (χ1) is 9.31. The van der Waals surface area contributed by atoms with Crippen LogP contribution in [0.15, 0.2) is 0 Å². The Morgan fingerprint density at radius 2 is 2.10 bits per heavy atom. The fourth-order valence-electron chi connectivity index (χ4n) is 2.15. The minimum atomic E-state index is -1.04. The van der Waals surface area contributed by atoms with Crippen LogP contribution < -0.4 is 0 Å². The van der Waals surface area contributed by atoms with E-state index in [9.17, 15) is 9.18 Å². The number of unbranched alkanes of at least 4 members (excludes halogenated alkanes) is 1. The van der Waals surface area contributed by atoms with Crippen molar-refractivity contribution in [3.8, 4) is 0 Å². The van der Waals surface area contributed by atoms with Crippen molar-refractivity contribution >= 4 is 6.09 Å². The summed E-state index contributed by atoms with van der Waals surface area (Å²) in [5, 5.41) is 0. The molecular formula is C15H28FNO3. The molecule has 0 aromatic carbocycles. The maximum Gasteiger partial charge on any atom is 0.410 e. The maximum atomic E-state index is 13.9. The van der Waals surface area contributed by atoms with E-state index in [1.807, 2.05) is 20.8 Å². The van der Waals surface area contributed by atoms with E-state index in [1.165, 1.54) is 4.90 Å². The van der Waals surface area contributed by atoms with Gasteiger partial charge in [-0.15, -0.1) is 0 Å². The lowest BCUT2D eigenvalue weighted by Gasteiger charge is -2.26. The molecule has 20 heavy (non-hydrogen) atoms. The summed E-state index contributed by atoms with van der Waals surface area (Å²) in [6.07, 6.45) is 1.51. The molecular weight excluding hydrogens is 261 g/mol. The van der Waals surface area contributed by atoms with E-state index in [0.717, 1.165) is 12.8 Å². The molecule has 0 N–H and O–H groups in total. The number of ether oxygens (including phenoxy) is 2. The monoisotopic (exact) mass is 289 g/mol. The summed E-state index contributed by atoms with van der Waals surface area (Å²) < 4.78 is 24.9. The Labute approximate surface area is 121 Å². The first-order valence-corrected chi connectivity index (χ1v) is 7.55. The molecule has 4 nitrogen and oxygen atoms in total. The average Bonchev–Trinajstić information content (AvgIpc) is 2.49. The van der Waals surface area contributed by atoms with Gasteiger partial charge in [-0.3, -0.25) is 0 Å². The Bertz CT molecular complexity index is 304. The first-order valence-electron chi connectivity index (χ1n) is 7.55. The van der Waals surface area contributed by atoms with Crippen molar-refractivity contribution in [2.24, 2.45) is 0 Å². The zero-order valence-electron chi connectivity index (χ0n) is 13.2. The number of hydrogen-bond acceptors (Lipinski definition) is 3. The molecule has 1 amide bonds. The Morgan fingerprint density at radius 1 is 1.40 bits per heavy atom. The van der Waals surface area contributed by atoms with Crippen LogP contribution in [0.5, 0.6) is 0 Å². The number of amides is 1. The second-order valence-electron chi connectivity index (χ2n) is 6.39. The van der Waals surface area contributed by atoms with E-state index < -0.39 is 17.9 Å². The van der Waals surface area contributed by atoms with Gasteiger partial charge in [-0.1, -0.05) is 13.3 Å². The fourth-order valence-corrected chi connectivity index (χ4v) is 2.15. The third-order valence-corrected chi connectivity index (χ3v) is 3.16. The van der Waals surface area contributed by atoms with Crippen LogP contribution in [-0.4, -0.2) is 48.6 Å². The molecule has 0 aromatic heterocycles. The smallest absolute Gasteiger partial charge is 0.410 e. The number of carbonyl (C=O) groups excluding carboxylic acids is 1. The summed E-state index contributed by atoms with van der Waals surface area (Å²) in [7, 11) is 0. The zero-order valence-corrected chi connectivity index (χ0v) is 13.2. The van der Waals surface area contributed by atoms with Crippen molar-refractivity contribution in [1.29, 1.82) is 0 Å². The van der Waals surface area contributed by atoms with Gasteiger partial charge >= 0.3 is 6.09 Å². The molecule has 0 aromatic rings. The van der Waals surface area contributed by atoms with Gasteiger partial charge in [0.2, 0.25) is 0 Å². The highest BCUT2D eigenvalue weighted by atomic mass is 19.1. The van der Waals surface area contributed by atoms with E-state index in [4.69, 9.17) is 9.47 Å². The van der Waals surface area contributed by atoms with Crippen LogP contribution in [0, 0.1) is 0 Å². The molecule has 0 bridgehead atoms. The largest absolute Gasteiger partial charge is 0.444 e. The standard InChI is InChI=1S/C15H28FNO3/c1-5-6-9-19-13-7-8-17(11-12(16)10-13)14(18)20-15(2,3)4/h12-13H,5-11H2,1-4H3. The van der Waals surface area contributed by atoms with Gasteiger partial charge in [0.1, 0.15) is 11.8 Å². The SMILES string of the molecule is CCCCOC1CCN(C(=O)OC(C)(C)C)CC(F)C1. The molecule has 1 aliphatic rings. The normalized spacial score (nSPS) is 24.4. The summed E-state index contributed by atoms with van der Waals surface area (Å²) in [5.41, 5.74) is -0.549. The van der Waals surface area contributed by atoms with Crippen LogP contribution in [0.2, 0.25) is 0 Å². The predicted octanol–water partition coefficient (Wildman–Crippen LogP) is 3.54. The molecule has 2 unspecified atom stereocenters. The second-order valence-corrected chi connectivity index (χ2v) is 6.39. The molecule has 1 heterocycles. The van der Waals surface area contributed by atoms with Gasteiger partial charge < -0.3 is 14.4 Å². The molecule has 5 heteroatoms. The fraction of sp³-hybridized carbons (Fsp3) is 0.933. The summed E-state index contributed by atoms with van der Waals surface area (Å²) in [4.78, 5) is 13.4. The van der Waals surface area contributed by atoms with Crippen molar-refractivity contribution in [3.05, 3.63) is 0 Å². The lowest BCUT2D eigenvalue weighted by Crippen LogP contribution is -2.39. The van der Waals surface area contributed by atoms with Crippen molar-refractivity contribution in [3.63, 3.8) is 0 Å². The van der Waals surface area contributed by atoms with Gasteiger partial charge in [0.25, 0.3) is 0 Å². The lowest BCUT2D eigenvalue weighted by atomic mass is 10.1. The Balaban J connectivity index is 2.47. The third kappa shape index (κ3) is 6.55. The first kappa shape index (κ1) is 17.2. The van der Waals surface area contributed by atoms with Crippen LogP contribution in [0.3, 0.4) is 0 Å². The summed E-state index contributed by atoms with van der Waals surface area (Å²) in [6.45, 7) is 8.79. The van der Waals surface area contributed by atoms with Gasteiger partial charge in [0.05, 0.1) is 12.6 Å². The molecule has 1 rings (SSSR count). The van der Waals surface area contributed by atoms with Crippen LogP contribution >= 0.6 is 0 Å². The van der Waals surface area contributed by atoms with Crippen molar-refractivity contribution in [2.45, 2.75) is 71.3 Å². The quantitative estimate of drug-likeness (QED) is 0.743. The second kappa shape index (κ2) is 7.81. The molecule has 0 radical (unpaired) electrons. The summed E-state index contributed by atoms with van der Waals surface area (Å²) >= 11 is 0. The van der Waals surface area contributed by atoms with Gasteiger partial charge in [-0.05, 0) is 33.6 Å². The van der Waals surface area contributed by atoms with Crippen molar-refractivity contribution < 1.29 is 18.7 Å². The minimum absolute atomic E-state index is 0.0935. The van der Waals surface area contributed by atoms with E-state index in [2.05, 4.69) is 6.92 Å². The van der Waals surface area contributed by atoms with E-state index >= 15 is 0 Å². The zero-order chi connectivity index (χ0) is 15.2. The van der Waals surface area contributed by atoms with E-state index in [0.29, 0.717) is 26.0 Å². The number of alkyl halides is 1. The molecule has 0 aliphatic carbocycles. The Morgan fingerprint density at radius 3 is 2.70 bits per heavy atom. The van der Waals surface area contributed by atoms with E-state index in [1.54, 1.807) is 0 Å². The van der Waals surface area contributed by atoms with Crippen LogP contribution in [0.1, 0.15) is 53.4 Å². The maximum absolute atomic E-state index is 13.9. The third-order valence-electron chi connectivity index (χ3n) is 3.16. The highest BCUT2D eigenvalue weighted by Crippen LogP contribution is 2.19. The Hall–Kier alpha value is -0.840. The Kier molecular flexibility index (Phi) is 6.72. The molecule has 1 aliphatic heterocycles. The molecule has 0 saturated carbocycles. The number of nitrogens with zero attached hydrogens (tertiary/aromatic N) is 1. The van der Waals surface area contributed by atoms with E-state index in [-0.39, 0.29) is 12.6 Å². The number of hydrogen-bond donors (Lipinski definition) is 0. The van der Waals surface area contributed by atoms with Gasteiger partial charge in [-0.2, -0.15) is 0 Å².